The van der Waals surface area contributed by atoms with Gasteiger partial charge in [-0.15, -0.1) is 0 Å². The van der Waals surface area contributed by atoms with Crippen LogP contribution in [-0.2, 0) is 9.53 Å². The monoisotopic (exact) mass is 427 g/mol. The quantitative estimate of drug-likeness (QED) is 0.422. The van der Waals surface area contributed by atoms with Crippen LogP contribution in [-0.4, -0.2) is 45.2 Å². The lowest BCUT2D eigenvalue weighted by Gasteiger charge is -2.11. The maximum Gasteiger partial charge on any atom is 0.251 e. The van der Waals surface area contributed by atoms with E-state index in [1.165, 1.54) is 0 Å². The van der Waals surface area contributed by atoms with E-state index in [9.17, 15) is 9.59 Å². The molecule has 2 amide bonds. The summed E-state index contributed by atoms with van der Waals surface area (Å²) in [6, 6.07) is 14.4. The van der Waals surface area contributed by atoms with E-state index in [1.807, 2.05) is 30.3 Å². The number of carbonyl (C=O) groups excluding carboxylic acids is 2. The topological polar surface area (TPSA) is 88.7 Å². The standard InChI is InChI=1S/C24H33N3O4/c1-18(2)11-14-31-22-10-5-9-21(16-22)27-23(28)17-26-20-8-4-7-19(15-20)24(29)25-12-6-13-30-3/h4-5,7-10,15-16,18,26H,6,11-14,17H2,1-3H3,(H,25,29)(H,27,28). The van der Waals surface area contributed by atoms with Crippen LogP contribution in [0.25, 0.3) is 0 Å². The van der Waals surface area contributed by atoms with Gasteiger partial charge in [-0.1, -0.05) is 26.0 Å². The first-order valence-corrected chi connectivity index (χ1v) is 10.6. The molecule has 0 heterocycles. The summed E-state index contributed by atoms with van der Waals surface area (Å²) in [5.74, 6) is 0.969. The highest BCUT2D eigenvalue weighted by molar-refractivity contribution is 5.96. The van der Waals surface area contributed by atoms with Gasteiger partial charge in [0, 0.05) is 43.3 Å². The fraction of sp³-hybridized carbons (Fsp3) is 0.417. The van der Waals surface area contributed by atoms with Gasteiger partial charge in [-0.2, -0.15) is 0 Å². The number of rotatable bonds is 13. The van der Waals surface area contributed by atoms with Gasteiger partial charge in [0.1, 0.15) is 5.75 Å². The number of hydrogen-bond acceptors (Lipinski definition) is 5. The molecular formula is C24H33N3O4. The lowest BCUT2D eigenvalue weighted by atomic mass is 10.1. The molecule has 0 radical (unpaired) electrons. The molecule has 0 aliphatic heterocycles. The van der Waals surface area contributed by atoms with E-state index in [4.69, 9.17) is 9.47 Å². The molecule has 2 aromatic carbocycles. The molecule has 0 spiro atoms. The molecule has 31 heavy (non-hydrogen) atoms. The Morgan fingerprint density at radius 3 is 2.55 bits per heavy atom. The van der Waals surface area contributed by atoms with Gasteiger partial charge >= 0.3 is 0 Å². The second-order valence-corrected chi connectivity index (χ2v) is 7.64. The van der Waals surface area contributed by atoms with E-state index in [0.29, 0.717) is 42.6 Å². The summed E-state index contributed by atoms with van der Waals surface area (Å²) in [6.45, 7) is 6.18. The van der Waals surface area contributed by atoms with Crippen molar-refractivity contribution in [1.29, 1.82) is 0 Å². The Morgan fingerprint density at radius 1 is 1.00 bits per heavy atom. The van der Waals surface area contributed by atoms with Crippen LogP contribution in [0.15, 0.2) is 48.5 Å². The Hall–Kier alpha value is -3.06. The van der Waals surface area contributed by atoms with E-state index in [1.54, 1.807) is 25.3 Å². The van der Waals surface area contributed by atoms with Crippen molar-refractivity contribution in [2.24, 2.45) is 5.92 Å². The normalized spacial score (nSPS) is 10.6. The summed E-state index contributed by atoms with van der Waals surface area (Å²) in [4.78, 5) is 24.5. The molecule has 0 bridgehead atoms. The van der Waals surface area contributed by atoms with Gasteiger partial charge in [-0.05, 0) is 49.1 Å². The highest BCUT2D eigenvalue weighted by Crippen LogP contribution is 2.18. The number of ether oxygens (including phenoxy) is 2. The second-order valence-electron chi connectivity index (χ2n) is 7.64. The van der Waals surface area contributed by atoms with E-state index in [-0.39, 0.29) is 18.4 Å². The van der Waals surface area contributed by atoms with Crippen molar-refractivity contribution in [2.75, 3.05) is 44.0 Å². The summed E-state index contributed by atoms with van der Waals surface area (Å²) in [7, 11) is 1.63. The smallest absolute Gasteiger partial charge is 0.251 e. The lowest BCUT2D eigenvalue weighted by molar-refractivity contribution is -0.114. The van der Waals surface area contributed by atoms with Crippen LogP contribution in [0.5, 0.6) is 5.75 Å². The van der Waals surface area contributed by atoms with Crippen LogP contribution in [0.4, 0.5) is 11.4 Å². The van der Waals surface area contributed by atoms with Crippen LogP contribution < -0.4 is 20.7 Å². The maximum atomic E-state index is 12.3. The first-order valence-electron chi connectivity index (χ1n) is 10.6. The molecule has 0 aliphatic carbocycles. The van der Waals surface area contributed by atoms with E-state index < -0.39 is 0 Å². The Balaban J connectivity index is 1.81. The summed E-state index contributed by atoms with van der Waals surface area (Å²) in [5, 5.41) is 8.76. The SMILES string of the molecule is COCCCNC(=O)c1cccc(NCC(=O)Nc2cccc(OCCC(C)C)c2)c1. The highest BCUT2D eigenvalue weighted by atomic mass is 16.5. The van der Waals surface area contributed by atoms with E-state index >= 15 is 0 Å². The first-order chi connectivity index (χ1) is 15.0. The van der Waals surface area contributed by atoms with Gasteiger partial charge in [0.05, 0.1) is 13.2 Å². The average Bonchev–Trinajstić information content (AvgIpc) is 2.75. The third-order valence-corrected chi connectivity index (χ3v) is 4.47. The zero-order chi connectivity index (χ0) is 22.5. The second kappa shape index (κ2) is 13.3. The number of nitrogens with one attached hydrogen (secondary N) is 3. The molecule has 7 heteroatoms. The van der Waals surface area contributed by atoms with Gasteiger partial charge in [0.15, 0.2) is 0 Å². The number of methoxy groups -OCH3 is 1. The number of hydrogen-bond donors (Lipinski definition) is 3. The number of amides is 2. The summed E-state index contributed by atoms with van der Waals surface area (Å²) in [5.41, 5.74) is 1.91. The molecule has 2 aromatic rings. The predicted molar refractivity (Wildman–Crippen MR) is 124 cm³/mol. The zero-order valence-electron chi connectivity index (χ0n) is 18.6. The van der Waals surface area contributed by atoms with Gasteiger partial charge in [0.25, 0.3) is 5.91 Å². The lowest BCUT2D eigenvalue weighted by Crippen LogP contribution is -2.25. The minimum absolute atomic E-state index is 0.0807. The van der Waals surface area contributed by atoms with Crippen molar-refractivity contribution in [3.8, 4) is 5.75 Å². The molecular weight excluding hydrogens is 394 g/mol. The zero-order valence-corrected chi connectivity index (χ0v) is 18.6. The predicted octanol–water partition coefficient (Wildman–Crippen LogP) is 3.93. The molecule has 0 unspecified atom stereocenters. The Labute approximate surface area is 184 Å². The molecule has 168 valence electrons. The summed E-state index contributed by atoms with van der Waals surface area (Å²) >= 11 is 0. The average molecular weight is 428 g/mol. The Bertz CT molecular complexity index is 839. The molecule has 3 N–H and O–H groups in total. The molecule has 0 fully saturated rings. The fourth-order valence-corrected chi connectivity index (χ4v) is 2.75. The summed E-state index contributed by atoms with van der Waals surface area (Å²) < 4.78 is 10.7. The van der Waals surface area contributed by atoms with Crippen molar-refractivity contribution in [2.45, 2.75) is 26.7 Å². The van der Waals surface area contributed by atoms with Crippen LogP contribution in [0.1, 0.15) is 37.0 Å². The molecule has 0 atom stereocenters. The molecule has 0 aliphatic rings. The van der Waals surface area contributed by atoms with Crippen molar-refractivity contribution >= 4 is 23.2 Å². The molecule has 2 rings (SSSR count). The molecule has 0 saturated carbocycles. The van der Waals surface area contributed by atoms with Crippen molar-refractivity contribution in [3.63, 3.8) is 0 Å². The maximum absolute atomic E-state index is 12.3. The van der Waals surface area contributed by atoms with Gasteiger partial charge in [0.2, 0.25) is 5.91 Å². The van der Waals surface area contributed by atoms with Gasteiger partial charge in [-0.25, -0.2) is 0 Å². The van der Waals surface area contributed by atoms with Crippen molar-refractivity contribution < 1.29 is 19.1 Å². The van der Waals surface area contributed by atoms with Crippen molar-refractivity contribution in [3.05, 3.63) is 54.1 Å². The van der Waals surface area contributed by atoms with Crippen LogP contribution >= 0.6 is 0 Å². The van der Waals surface area contributed by atoms with E-state index in [0.717, 1.165) is 18.6 Å². The van der Waals surface area contributed by atoms with Crippen LogP contribution in [0.3, 0.4) is 0 Å². The first kappa shape index (κ1) is 24.2. The fourth-order valence-electron chi connectivity index (χ4n) is 2.75. The van der Waals surface area contributed by atoms with Crippen LogP contribution in [0, 0.1) is 5.92 Å². The third kappa shape index (κ3) is 9.53. The third-order valence-electron chi connectivity index (χ3n) is 4.47. The molecule has 0 aromatic heterocycles. The van der Waals surface area contributed by atoms with Gasteiger partial charge in [-0.3, -0.25) is 9.59 Å². The Kier molecular flexibility index (Phi) is 10.4. The van der Waals surface area contributed by atoms with Crippen LogP contribution in [0.2, 0.25) is 0 Å². The Morgan fingerprint density at radius 2 is 1.77 bits per heavy atom. The number of benzene rings is 2. The van der Waals surface area contributed by atoms with Crippen molar-refractivity contribution in [1.82, 2.24) is 5.32 Å². The molecule has 0 saturated heterocycles. The van der Waals surface area contributed by atoms with Gasteiger partial charge < -0.3 is 25.4 Å². The summed E-state index contributed by atoms with van der Waals surface area (Å²) in [6.07, 6.45) is 1.73. The molecule has 7 nitrogen and oxygen atoms in total. The highest BCUT2D eigenvalue weighted by Gasteiger charge is 2.08. The number of carbonyl (C=O) groups is 2. The number of anilines is 2. The largest absolute Gasteiger partial charge is 0.494 e. The minimum atomic E-state index is -0.186. The minimum Gasteiger partial charge on any atom is -0.494 e. The van der Waals surface area contributed by atoms with E-state index in [2.05, 4.69) is 29.8 Å².